The summed E-state index contributed by atoms with van der Waals surface area (Å²) in [7, 11) is 0. The Balaban J connectivity index is 2.86. The minimum atomic E-state index is -0.863. The van der Waals surface area contributed by atoms with Crippen LogP contribution in [0.3, 0.4) is 0 Å². The molecule has 1 aromatic rings. The summed E-state index contributed by atoms with van der Waals surface area (Å²) in [5.74, 6) is 0.279. The van der Waals surface area contributed by atoms with Gasteiger partial charge in [0.2, 0.25) is 0 Å². The molecule has 0 radical (unpaired) electrons. The van der Waals surface area contributed by atoms with Crippen molar-refractivity contribution in [1.82, 2.24) is 0 Å². The highest BCUT2D eigenvalue weighted by Crippen LogP contribution is 2.22. The van der Waals surface area contributed by atoms with Gasteiger partial charge in [0.15, 0.2) is 5.75 Å². The molecule has 0 unspecified atom stereocenters. The lowest BCUT2D eigenvalue weighted by molar-refractivity contribution is 0.211. The maximum absolute atomic E-state index is 10.3. The first kappa shape index (κ1) is 7.88. The van der Waals surface area contributed by atoms with Crippen LogP contribution in [0.25, 0.3) is 0 Å². The van der Waals surface area contributed by atoms with Gasteiger partial charge in [-0.15, -0.1) is 0 Å². The fraction of sp³-hybridized carbons (Fsp3) is 0. The smallest absolute Gasteiger partial charge is 0.409 e. The van der Waals surface area contributed by atoms with Crippen LogP contribution >= 0.6 is 11.6 Å². The molecule has 0 atom stereocenters. The van der Waals surface area contributed by atoms with E-state index in [0.29, 0.717) is 5.02 Å². The Morgan fingerprint density at radius 3 is 2.64 bits per heavy atom. The molecule has 0 saturated heterocycles. The minimum absolute atomic E-state index is 0.279. The SMILES string of the molecule is NC(=O)Oc1ccccc1Cl. The Morgan fingerprint density at radius 2 is 2.09 bits per heavy atom. The first-order valence-corrected chi connectivity index (χ1v) is 3.30. The van der Waals surface area contributed by atoms with Gasteiger partial charge < -0.3 is 10.5 Å². The molecular weight excluding hydrogens is 166 g/mol. The third-order valence-corrected chi connectivity index (χ3v) is 1.36. The lowest BCUT2D eigenvalue weighted by atomic mass is 10.3. The Bertz CT molecular complexity index is 275. The normalized spacial score (nSPS) is 9.18. The van der Waals surface area contributed by atoms with E-state index in [-0.39, 0.29) is 5.75 Å². The summed E-state index contributed by atoms with van der Waals surface area (Å²) in [5.41, 5.74) is 4.77. The van der Waals surface area contributed by atoms with Gasteiger partial charge in [0, 0.05) is 0 Å². The van der Waals surface area contributed by atoms with E-state index >= 15 is 0 Å². The third kappa shape index (κ3) is 2.13. The number of halogens is 1. The van der Waals surface area contributed by atoms with Crippen molar-refractivity contribution in [3.63, 3.8) is 0 Å². The minimum Gasteiger partial charge on any atom is -0.409 e. The molecule has 0 aromatic heterocycles. The van der Waals surface area contributed by atoms with E-state index in [1.54, 1.807) is 24.3 Å². The largest absolute Gasteiger partial charge is 0.410 e. The Labute approximate surface area is 68.7 Å². The number of ether oxygens (including phenoxy) is 1. The van der Waals surface area contributed by atoms with Gasteiger partial charge in [-0.2, -0.15) is 0 Å². The van der Waals surface area contributed by atoms with E-state index in [0.717, 1.165) is 0 Å². The summed E-state index contributed by atoms with van der Waals surface area (Å²) in [5, 5.41) is 0.367. The second-order valence-corrected chi connectivity index (χ2v) is 2.26. The molecule has 0 aliphatic heterocycles. The van der Waals surface area contributed by atoms with Crippen LogP contribution in [0, 0.1) is 0 Å². The van der Waals surface area contributed by atoms with Crippen LogP contribution in [-0.4, -0.2) is 6.09 Å². The molecule has 0 heterocycles. The maximum Gasteiger partial charge on any atom is 0.410 e. The molecule has 0 saturated carbocycles. The number of hydrogen-bond acceptors (Lipinski definition) is 2. The van der Waals surface area contributed by atoms with Gasteiger partial charge in [-0.05, 0) is 12.1 Å². The van der Waals surface area contributed by atoms with Crippen molar-refractivity contribution in [3.05, 3.63) is 29.3 Å². The monoisotopic (exact) mass is 171 g/mol. The highest BCUT2D eigenvalue weighted by atomic mass is 35.5. The first-order valence-electron chi connectivity index (χ1n) is 2.92. The van der Waals surface area contributed by atoms with E-state index in [1.807, 2.05) is 0 Å². The number of benzene rings is 1. The molecule has 0 aliphatic rings. The molecule has 2 N–H and O–H groups in total. The summed E-state index contributed by atoms with van der Waals surface area (Å²) in [6.45, 7) is 0. The summed E-state index contributed by atoms with van der Waals surface area (Å²) in [6, 6.07) is 6.60. The van der Waals surface area contributed by atoms with E-state index in [2.05, 4.69) is 4.74 Å². The second-order valence-electron chi connectivity index (χ2n) is 1.85. The van der Waals surface area contributed by atoms with E-state index in [9.17, 15) is 4.79 Å². The fourth-order valence-electron chi connectivity index (χ4n) is 0.636. The van der Waals surface area contributed by atoms with Crippen LogP contribution in [0.1, 0.15) is 0 Å². The van der Waals surface area contributed by atoms with Gasteiger partial charge in [-0.3, -0.25) is 0 Å². The molecule has 4 heteroatoms. The van der Waals surface area contributed by atoms with Crippen LogP contribution in [0.2, 0.25) is 5.02 Å². The van der Waals surface area contributed by atoms with Crippen molar-refractivity contribution in [2.75, 3.05) is 0 Å². The third-order valence-electron chi connectivity index (χ3n) is 1.05. The van der Waals surface area contributed by atoms with E-state index in [4.69, 9.17) is 17.3 Å². The van der Waals surface area contributed by atoms with Crippen LogP contribution in [0.5, 0.6) is 5.75 Å². The second kappa shape index (κ2) is 3.25. The van der Waals surface area contributed by atoms with Crippen molar-refractivity contribution in [3.8, 4) is 5.75 Å². The van der Waals surface area contributed by atoms with Crippen molar-refractivity contribution >= 4 is 17.7 Å². The lowest BCUT2D eigenvalue weighted by Gasteiger charge is -2.00. The highest BCUT2D eigenvalue weighted by Gasteiger charge is 2.01. The van der Waals surface area contributed by atoms with Crippen molar-refractivity contribution in [1.29, 1.82) is 0 Å². The molecule has 0 spiro atoms. The van der Waals surface area contributed by atoms with Crippen molar-refractivity contribution in [2.24, 2.45) is 5.73 Å². The van der Waals surface area contributed by atoms with Crippen LogP contribution in [0.4, 0.5) is 4.79 Å². The Kier molecular flexibility index (Phi) is 2.33. The molecule has 0 bridgehead atoms. The molecule has 1 amide bonds. The lowest BCUT2D eigenvalue weighted by Crippen LogP contribution is -2.16. The zero-order valence-electron chi connectivity index (χ0n) is 5.58. The topological polar surface area (TPSA) is 52.3 Å². The van der Waals surface area contributed by atoms with Gasteiger partial charge >= 0.3 is 6.09 Å². The van der Waals surface area contributed by atoms with E-state index < -0.39 is 6.09 Å². The maximum atomic E-state index is 10.3. The van der Waals surface area contributed by atoms with Crippen molar-refractivity contribution in [2.45, 2.75) is 0 Å². The van der Waals surface area contributed by atoms with Gasteiger partial charge in [0.1, 0.15) is 0 Å². The average molecular weight is 172 g/mol. The standard InChI is InChI=1S/C7H6ClNO2/c8-5-3-1-2-4-6(5)11-7(9)10/h1-4H,(H2,9,10). The highest BCUT2D eigenvalue weighted by molar-refractivity contribution is 6.32. The molecule has 0 aliphatic carbocycles. The average Bonchev–Trinajstić information content (AvgIpc) is 1.93. The Morgan fingerprint density at radius 1 is 1.45 bits per heavy atom. The van der Waals surface area contributed by atoms with Crippen LogP contribution in [0.15, 0.2) is 24.3 Å². The predicted octanol–water partition coefficient (Wildman–Crippen LogP) is 1.80. The quantitative estimate of drug-likeness (QED) is 0.701. The first-order chi connectivity index (χ1) is 5.20. The predicted molar refractivity (Wildman–Crippen MR) is 41.7 cm³/mol. The number of hydrogen-bond donors (Lipinski definition) is 1. The number of nitrogens with two attached hydrogens (primary N) is 1. The number of rotatable bonds is 1. The van der Waals surface area contributed by atoms with Gasteiger partial charge in [0.25, 0.3) is 0 Å². The number of carbonyl (C=O) groups excluding carboxylic acids is 1. The number of carbonyl (C=O) groups is 1. The zero-order valence-corrected chi connectivity index (χ0v) is 6.34. The van der Waals surface area contributed by atoms with Gasteiger partial charge in [-0.25, -0.2) is 4.79 Å². The molecule has 58 valence electrons. The zero-order chi connectivity index (χ0) is 8.27. The summed E-state index contributed by atoms with van der Waals surface area (Å²) >= 11 is 5.64. The van der Waals surface area contributed by atoms with Crippen LogP contribution < -0.4 is 10.5 Å². The van der Waals surface area contributed by atoms with E-state index in [1.165, 1.54) is 0 Å². The molecule has 3 nitrogen and oxygen atoms in total. The Hall–Kier alpha value is -1.22. The number of para-hydroxylation sites is 1. The van der Waals surface area contributed by atoms with Gasteiger partial charge in [-0.1, -0.05) is 23.7 Å². The van der Waals surface area contributed by atoms with Crippen LogP contribution in [-0.2, 0) is 0 Å². The van der Waals surface area contributed by atoms with Crippen molar-refractivity contribution < 1.29 is 9.53 Å². The number of amides is 1. The number of primary amides is 1. The molecule has 0 fully saturated rings. The molecular formula is C7H6ClNO2. The van der Waals surface area contributed by atoms with Gasteiger partial charge in [0.05, 0.1) is 5.02 Å². The summed E-state index contributed by atoms with van der Waals surface area (Å²) < 4.78 is 4.55. The fourth-order valence-corrected chi connectivity index (χ4v) is 0.810. The molecule has 1 aromatic carbocycles. The molecule has 11 heavy (non-hydrogen) atoms. The molecule has 1 rings (SSSR count). The summed E-state index contributed by atoms with van der Waals surface area (Å²) in [4.78, 5) is 10.3. The summed E-state index contributed by atoms with van der Waals surface area (Å²) in [6.07, 6.45) is -0.863.